The quantitative estimate of drug-likeness (QED) is 0.797. The van der Waals surface area contributed by atoms with Crippen molar-refractivity contribution in [2.75, 3.05) is 0 Å². The van der Waals surface area contributed by atoms with Gasteiger partial charge >= 0.3 is 5.97 Å². The Morgan fingerprint density at radius 2 is 1.87 bits per heavy atom. The molecule has 0 heterocycles. The van der Waals surface area contributed by atoms with Gasteiger partial charge in [0.05, 0.1) is 0 Å². The van der Waals surface area contributed by atoms with Gasteiger partial charge in [-0.2, -0.15) is 0 Å². The summed E-state index contributed by atoms with van der Waals surface area (Å²) in [6.07, 6.45) is 1.25. The van der Waals surface area contributed by atoms with E-state index in [4.69, 9.17) is 12.2 Å². The fourth-order valence-electron chi connectivity index (χ4n) is 2.63. The van der Waals surface area contributed by atoms with Crippen LogP contribution in [-0.2, 0) is 17.6 Å². The molecule has 2 rings (SSSR count). The van der Waals surface area contributed by atoms with Gasteiger partial charge in [0, 0.05) is 12.0 Å². The molecule has 0 aliphatic carbocycles. The molecule has 2 aromatic carbocycles. The average molecular weight is 327 g/mol. The Morgan fingerprint density at radius 3 is 2.48 bits per heavy atom. The van der Waals surface area contributed by atoms with Gasteiger partial charge in [-0.15, -0.1) is 0 Å². The van der Waals surface area contributed by atoms with Gasteiger partial charge in [-0.05, 0) is 30.0 Å². The second-order valence-corrected chi connectivity index (χ2v) is 5.92. The van der Waals surface area contributed by atoms with Crippen molar-refractivity contribution >= 4 is 23.2 Å². The van der Waals surface area contributed by atoms with E-state index in [1.165, 1.54) is 0 Å². The third-order valence-electron chi connectivity index (χ3n) is 3.85. The first-order valence-electron chi connectivity index (χ1n) is 7.69. The van der Waals surface area contributed by atoms with Crippen LogP contribution >= 0.6 is 12.2 Å². The molecule has 0 amide bonds. The molecule has 1 unspecified atom stereocenters. The largest absolute Gasteiger partial charge is 0.480 e. The van der Waals surface area contributed by atoms with Gasteiger partial charge in [0.15, 0.2) is 0 Å². The van der Waals surface area contributed by atoms with Crippen LogP contribution in [0.1, 0.15) is 29.2 Å². The Kier molecular flexibility index (Phi) is 5.88. The zero-order valence-electron chi connectivity index (χ0n) is 13.4. The molecule has 4 heteroatoms. The van der Waals surface area contributed by atoms with E-state index in [-0.39, 0.29) is 0 Å². The summed E-state index contributed by atoms with van der Waals surface area (Å²) in [5.41, 5.74) is 4.11. The van der Waals surface area contributed by atoms with E-state index in [1.54, 1.807) is 0 Å². The number of rotatable bonds is 6. The van der Waals surface area contributed by atoms with E-state index in [1.807, 2.05) is 55.5 Å². The summed E-state index contributed by atoms with van der Waals surface area (Å²) >= 11 is 5.50. The van der Waals surface area contributed by atoms with Crippen molar-refractivity contribution in [2.45, 2.75) is 32.7 Å². The monoisotopic (exact) mass is 327 g/mol. The van der Waals surface area contributed by atoms with E-state index >= 15 is 0 Å². The van der Waals surface area contributed by atoms with Gasteiger partial charge in [-0.1, -0.05) is 67.7 Å². The van der Waals surface area contributed by atoms with Crippen molar-refractivity contribution in [3.63, 3.8) is 0 Å². The van der Waals surface area contributed by atoms with Gasteiger partial charge in [-0.25, -0.2) is 4.79 Å². The lowest BCUT2D eigenvalue weighted by atomic mass is 9.99. The molecule has 0 bridgehead atoms. The van der Waals surface area contributed by atoms with E-state index in [0.717, 1.165) is 28.7 Å². The number of aryl methyl sites for hydroxylation is 2. The highest BCUT2D eigenvalue weighted by molar-refractivity contribution is 7.80. The molecule has 0 fully saturated rings. The number of thiocarbonyl (C=S) groups is 1. The fourth-order valence-corrected chi connectivity index (χ4v) is 3.06. The van der Waals surface area contributed by atoms with Crippen LogP contribution in [0.25, 0.3) is 0 Å². The molecule has 0 spiro atoms. The van der Waals surface area contributed by atoms with Gasteiger partial charge in [0.2, 0.25) is 0 Å². The summed E-state index contributed by atoms with van der Waals surface area (Å²) in [4.78, 5) is 12.1. The SMILES string of the molecule is CCc1cccc(C)c1C(=S)NC(Cc1ccccc1)C(=O)O. The minimum atomic E-state index is -0.900. The highest BCUT2D eigenvalue weighted by atomic mass is 32.1. The van der Waals surface area contributed by atoms with Crippen LogP contribution in [0.4, 0.5) is 0 Å². The summed E-state index contributed by atoms with van der Waals surface area (Å²) in [7, 11) is 0. The van der Waals surface area contributed by atoms with Crippen molar-refractivity contribution in [1.29, 1.82) is 0 Å². The maximum absolute atomic E-state index is 11.6. The molecule has 0 aliphatic heterocycles. The summed E-state index contributed by atoms with van der Waals surface area (Å²) in [5, 5.41) is 12.5. The van der Waals surface area contributed by atoms with E-state index in [2.05, 4.69) is 12.2 Å². The van der Waals surface area contributed by atoms with E-state index in [9.17, 15) is 9.90 Å². The highest BCUT2D eigenvalue weighted by Gasteiger charge is 2.21. The van der Waals surface area contributed by atoms with Crippen LogP contribution in [0.2, 0.25) is 0 Å². The third kappa shape index (κ3) is 4.39. The lowest BCUT2D eigenvalue weighted by molar-refractivity contribution is -0.139. The predicted molar refractivity (Wildman–Crippen MR) is 97.0 cm³/mol. The first kappa shape index (κ1) is 17.2. The van der Waals surface area contributed by atoms with Crippen molar-refractivity contribution in [3.05, 3.63) is 70.8 Å². The number of aliphatic carboxylic acids is 1. The van der Waals surface area contributed by atoms with E-state index in [0.29, 0.717) is 11.4 Å². The zero-order valence-corrected chi connectivity index (χ0v) is 14.2. The Balaban J connectivity index is 2.21. The Labute approximate surface area is 142 Å². The Bertz CT molecular complexity index is 698. The summed E-state index contributed by atoms with van der Waals surface area (Å²) in [5.74, 6) is -0.900. The summed E-state index contributed by atoms with van der Waals surface area (Å²) < 4.78 is 0. The molecule has 2 aromatic rings. The van der Waals surface area contributed by atoms with Crippen molar-refractivity contribution in [1.82, 2.24) is 5.32 Å². The molecule has 0 saturated heterocycles. The molecule has 0 saturated carbocycles. The fraction of sp³-hybridized carbons (Fsp3) is 0.263. The van der Waals surface area contributed by atoms with Gasteiger partial charge in [0.1, 0.15) is 11.0 Å². The van der Waals surface area contributed by atoms with Crippen LogP contribution in [0.3, 0.4) is 0 Å². The number of nitrogens with one attached hydrogen (secondary N) is 1. The smallest absolute Gasteiger partial charge is 0.326 e. The minimum Gasteiger partial charge on any atom is -0.480 e. The van der Waals surface area contributed by atoms with Gasteiger partial charge < -0.3 is 10.4 Å². The van der Waals surface area contributed by atoms with Crippen molar-refractivity contribution in [2.24, 2.45) is 0 Å². The van der Waals surface area contributed by atoms with Crippen LogP contribution in [0.5, 0.6) is 0 Å². The molecular formula is C19H21NO2S. The molecule has 3 nitrogen and oxygen atoms in total. The number of carboxylic acid groups (broad SMARTS) is 1. The second kappa shape index (κ2) is 7.88. The number of carbonyl (C=O) groups is 1. The molecule has 0 aliphatic rings. The van der Waals surface area contributed by atoms with Crippen LogP contribution in [0.15, 0.2) is 48.5 Å². The Morgan fingerprint density at radius 1 is 1.17 bits per heavy atom. The molecule has 2 N–H and O–H groups in total. The van der Waals surface area contributed by atoms with E-state index < -0.39 is 12.0 Å². The Hall–Kier alpha value is -2.20. The van der Waals surface area contributed by atoms with Crippen LogP contribution in [-0.4, -0.2) is 22.1 Å². The molecule has 1 atom stereocenters. The molecule has 120 valence electrons. The maximum Gasteiger partial charge on any atom is 0.326 e. The number of hydrogen-bond donors (Lipinski definition) is 2. The minimum absolute atomic E-state index is 0.393. The van der Waals surface area contributed by atoms with Crippen molar-refractivity contribution in [3.8, 4) is 0 Å². The number of benzene rings is 2. The lowest BCUT2D eigenvalue weighted by Gasteiger charge is -2.19. The lowest BCUT2D eigenvalue weighted by Crippen LogP contribution is -2.42. The van der Waals surface area contributed by atoms with Gasteiger partial charge in [0.25, 0.3) is 0 Å². The first-order chi connectivity index (χ1) is 11.0. The zero-order chi connectivity index (χ0) is 16.8. The van der Waals surface area contributed by atoms with Crippen LogP contribution < -0.4 is 5.32 Å². The topological polar surface area (TPSA) is 49.3 Å². The van der Waals surface area contributed by atoms with Crippen molar-refractivity contribution < 1.29 is 9.90 Å². The first-order valence-corrected chi connectivity index (χ1v) is 8.09. The van der Waals surface area contributed by atoms with Gasteiger partial charge in [-0.3, -0.25) is 0 Å². The molecule has 23 heavy (non-hydrogen) atoms. The maximum atomic E-state index is 11.6. The van der Waals surface area contributed by atoms with Crippen LogP contribution in [0, 0.1) is 6.92 Å². The molecule has 0 aromatic heterocycles. The summed E-state index contributed by atoms with van der Waals surface area (Å²) in [6.45, 7) is 4.06. The number of hydrogen-bond acceptors (Lipinski definition) is 2. The average Bonchev–Trinajstić information content (AvgIpc) is 2.54. The third-order valence-corrected chi connectivity index (χ3v) is 4.18. The predicted octanol–water partition coefficient (Wildman–Crippen LogP) is 3.52. The normalized spacial score (nSPS) is 11.7. The summed E-state index contributed by atoms with van der Waals surface area (Å²) in [6, 6.07) is 14.9. The highest BCUT2D eigenvalue weighted by Crippen LogP contribution is 2.16. The molecule has 0 radical (unpaired) electrons. The number of carboxylic acids is 1. The molecular weight excluding hydrogens is 306 g/mol. The standard InChI is InChI=1S/C19H21NO2S/c1-3-15-11-7-8-13(2)17(15)18(23)20-16(19(21)22)12-14-9-5-4-6-10-14/h4-11,16H,3,12H2,1-2H3,(H,20,23)(H,21,22). The second-order valence-electron chi connectivity index (χ2n) is 5.52.